The molecule has 0 fully saturated rings. The normalized spacial score (nSPS) is 13.1. The SMILES string of the molecule is CC(C)(C)CC(NC(=O)CCN)c1ccccc1. The lowest BCUT2D eigenvalue weighted by atomic mass is 9.85. The predicted molar refractivity (Wildman–Crippen MR) is 75.1 cm³/mol. The molecule has 100 valence electrons. The highest BCUT2D eigenvalue weighted by atomic mass is 16.1. The van der Waals surface area contributed by atoms with E-state index in [0.717, 1.165) is 12.0 Å². The van der Waals surface area contributed by atoms with Gasteiger partial charge >= 0.3 is 0 Å². The van der Waals surface area contributed by atoms with Gasteiger partial charge in [-0.3, -0.25) is 4.79 Å². The lowest BCUT2D eigenvalue weighted by Gasteiger charge is -2.27. The van der Waals surface area contributed by atoms with Gasteiger partial charge in [-0.05, 0) is 17.4 Å². The van der Waals surface area contributed by atoms with Crippen LogP contribution in [0.4, 0.5) is 0 Å². The third kappa shape index (κ3) is 5.32. The summed E-state index contributed by atoms with van der Waals surface area (Å²) in [6.07, 6.45) is 1.29. The highest BCUT2D eigenvalue weighted by Gasteiger charge is 2.21. The Hall–Kier alpha value is -1.35. The summed E-state index contributed by atoms with van der Waals surface area (Å²) in [6, 6.07) is 10.2. The molecule has 1 amide bonds. The van der Waals surface area contributed by atoms with Crippen LogP contribution in [0, 0.1) is 5.41 Å². The molecule has 0 bridgehead atoms. The van der Waals surface area contributed by atoms with E-state index in [1.807, 2.05) is 18.2 Å². The first-order valence-corrected chi connectivity index (χ1v) is 6.47. The first-order chi connectivity index (χ1) is 8.42. The van der Waals surface area contributed by atoms with Gasteiger partial charge in [0.1, 0.15) is 0 Å². The van der Waals surface area contributed by atoms with Crippen molar-refractivity contribution in [2.75, 3.05) is 6.54 Å². The monoisotopic (exact) mass is 248 g/mol. The largest absolute Gasteiger partial charge is 0.349 e. The van der Waals surface area contributed by atoms with Crippen molar-refractivity contribution in [3.05, 3.63) is 35.9 Å². The first kappa shape index (κ1) is 14.7. The molecule has 0 heterocycles. The topological polar surface area (TPSA) is 55.1 Å². The van der Waals surface area contributed by atoms with Gasteiger partial charge in [-0.25, -0.2) is 0 Å². The van der Waals surface area contributed by atoms with Crippen molar-refractivity contribution in [2.24, 2.45) is 11.1 Å². The smallest absolute Gasteiger partial charge is 0.221 e. The number of amides is 1. The van der Waals surface area contributed by atoms with Crippen molar-refractivity contribution in [1.82, 2.24) is 5.32 Å². The van der Waals surface area contributed by atoms with Crippen molar-refractivity contribution in [1.29, 1.82) is 0 Å². The van der Waals surface area contributed by atoms with E-state index in [2.05, 4.69) is 38.2 Å². The Kier molecular flexibility index (Phi) is 5.35. The quantitative estimate of drug-likeness (QED) is 0.841. The number of benzene rings is 1. The fraction of sp³-hybridized carbons (Fsp3) is 0.533. The minimum absolute atomic E-state index is 0.0237. The zero-order valence-corrected chi connectivity index (χ0v) is 11.6. The molecule has 3 nitrogen and oxygen atoms in total. The van der Waals surface area contributed by atoms with E-state index in [1.54, 1.807) is 0 Å². The molecule has 1 unspecified atom stereocenters. The van der Waals surface area contributed by atoms with Crippen LogP contribution >= 0.6 is 0 Å². The van der Waals surface area contributed by atoms with Crippen molar-refractivity contribution in [3.8, 4) is 0 Å². The van der Waals surface area contributed by atoms with Gasteiger partial charge in [0.25, 0.3) is 0 Å². The molecule has 0 aliphatic carbocycles. The Labute approximate surface area is 110 Å². The number of nitrogens with two attached hydrogens (primary N) is 1. The Morgan fingerprint density at radius 2 is 1.89 bits per heavy atom. The van der Waals surface area contributed by atoms with E-state index in [9.17, 15) is 4.79 Å². The molecule has 1 atom stereocenters. The second-order valence-corrected chi connectivity index (χ2v) is 5.83. The molecule has 1 rings (SSSR count). The van der Waals surface area contributed by atoms with E-state index in [1.165, 1.54) is 0 Å². The Morgan fingerprint density at radius 3 is 2.39 bits per heavy atom. The highest BCUT2D eigenvalue weighted by Crippen LogP contribution is 2.29. The van der Waals surface area contributed by atoms with Crippen molar-refractivity contribution in [2.45, 2.75) is 39.7 Å². The molecule has 0 aliphatic heterocycles. The molecular formula is C15H24N2O. The molecule has 0 saturated heterocycles. The average molecular weight is 248 g/mol. The van der Waals surface area contributed by atoms with Crippen LogP contribution in [0.15, 0.2) is 30.3 Å². The molecule has 0 aromatic heterocycles. The first-order valence-electron chi connectivity index (χ1n) is 6.47. The van der Waals surface area contributed by atoms with E-state index in [4.69, 9.17) is 5.73 Å². The number of carbonyl (C=O) groups excluding carboxylic acids is 1. The molecule has 1 aromatic rings. The second kappa shape index (κ2) is 6.55. The zero-order valence-electron chi connectivity index (χ0n) is 11.6. The summed E-state index contributed by atoms with van der Waals surface area (Å²) in [5, 5.41) is 3.07. The van der Waals surface area contributed by atoms with Crippen molar-refractivity contribution < 1.29 is 4.79 Å². The van der Waals surface area contributed by atoms with E-state index in [-0.39, 0.29) is 17.4 Å². The highest BCUT2D eigenvalue weighted by molar-refractivity contribution is 5.76. The molecule has 1 aromatic carbocycles. The minimum Gasteiger partial charge on any atom is -0.349 e. The fourth-order valence-corrected chi connectivity index (χ4v) is 1.95. The van der Waals surface area contributed by atoms with Gasteiger partial charge in [0.15, 0.2) is 0 Å². The molecule has 0 saturated carbocycles. The summed E-state index contributed by atoms with van der Waals surface area (Å²) in [5.74, 6) is 0.0237. The summed E-state index contributed by atoms with van der Waals surface area (Å²) in [7, 11) is 0. The zero-order chi connectivity index (χ0) is 13.6. The van der Waals surface area contributed by atoms with Gasteiger partial charge in [0, 0.05) is 13.0 Å². The second-order valence-electron chi connectivity index (χ2n) is 5.83. The molecule has 0 spiro atoms. The molecule has 3 heteroatoms. The van der Waals surface area contributed by atoms with E-state index < -0.39 is 0 Å². The molecule has 18 heavy (non-hydrogen) atoms. The third-order valence-electron chi connectivity index (χ3n) is 2.73. The van der Waals surface area contributed by atoms with Crippen LogP contribution in [0.25, 0.3) is 0 Å². The summed E-state index contributed by atoms with van der Waals surface area (Å²) in [5.41, 5.74) is 6.72. The van der Waals surface area contributed by atoms with Crippen molar-refractivity contribution in [3.63, 3.8) is 0 Å². The van der Waals surface area contributed by atoms with E-state index >= 15 is 0 Å². The standard InChI is InChI=1S/C15H24N2O/c1-15(2,3)11-13(17-14(18)9-10-16)12-7-5-4-6-8-12/h4-8,13H,9-11,16H2,1-3H3,(H,17,18). The van der Waals surface area contributed by atoms with Gasteiger partial charge in [-0.15, -0.1) is 0 Å². The number of nitrogens with one attached hydrogen (secondary N) is 1. The van der Waals surface area contributed by atoms with Gasteiger partial charge in [-0.2, -0.15) is 0 Å². The molecule has 3 N–H and O–H groups in total. The van der Waals surface area contributed by atoms with Gasteiger partial charge < -0.3 is 11.1 Å². The maximum absolute atomic E-state index is 11.7. The molecule has 0 radical (unpaired) electrons. The number of hydrogen-bond donors (Lipinski definition) is 2. The summed E-state index contributed by atoms with van der Waals surface area (Å²) in [4.78, 5) is 11.7. The number of hydrogen-bond acceptors (Lipinski definition) is 2. The Balaban J connectivity index is 2.79. The van der Waals surface area contributed by atoms with Crippen LogP contribution in [0.1, 0.15) is 45.2 Å². The fourth-order valence-electron chi connectivity index (χ4n) is 1.95. The van der Waals surface area contributed by atoms with Gasteiger partial charge in [0.05, 0.1) is 6.04 Å². The number of carbonyl (C=O) groups is 1. The number of rotatable bonds is 5. The van der Waals surface area contributed by atoms with Crippen LogP contribution in [-0.2, 0) is 4.79 Å². The van der Waals surface area contributed by atoms with Crippen LogP contribution < -0.4 is 11.1 Å². The predicted octanol–water partition coefficient (Wildman–Crippen LogP) is 2.63. The van der Waals surface area contributed by atoms with Crippen molar-refractivity contribution >= 4 is 5.91 Å². The lowest BCUT2D eigenvalue weighted by Crippen LogP contribution is -2.32. The van der Waals surface area contributed by atoms with Gasteiger partial charge in [0.2, 0.25) is 5.91 Å². The molecular weight excluding hydrogens is 224 g/mol. The average Bonchev–Trinajstić information content (AvgIpc) is 2.28. The van der Waals surface area contributed by atoms with Gasteiger partial charge in [-0.1, -0.05) is 51.1 Å². The summed E-state index contributed by atoms with van der Waals surface area (Å²) < 4.78 is 0. The maximum atomic E-state index is 11.7. The minimum atomic E-state index is 0.0237. The summed E-state index contributed by atoms with van der Waals surface area (Å²) >= 11 is 0. The van der Waals surface area contributed by atoms with Crippen LogP contribution in [-0.4, -0.2) is 12.5 Å². The lowest BCUT2D eigenvalue weighted by molar-refractivity contribution is -0.121. The van der Waals surface area contributed by atoms with Crippen LogP contribution in [0.2, 0.25) is 0 Å². The molecule has 0 aliphatic rings. The summed E-state index contributed by atoms with van der Waals surface area (Å²) in [6.45, 7) is 6.93. The van der Waals surface area contributed by atoms with Crippen LogP contribution in [0.5, 0.6) is 0 Å². The Morgan fingerprint density at radius 1 is 1.28 bits per heavy atom. The third-order valence-corrected chi connectivity index (χ3v) is 2.73. The van der Waals surface area contributed by atoms with Crippen LogP contribution in [0.3, 0.4) is 0 Å². The van der Waals surface area contributed by atoms with E-state index in [0.29, 0.717) is 13.0 Å². The Bertz CT molecular complexity index is 368. The maximum Gasteiger partial charge on any atom is 0.221 e.